The Kier molecular flexibility index (Phi) is 12.9. The number of carbonyl (C=O) groups is 2. The SMILES string of the molecule is CCC(CC)CC(C(=O)OCC(C)(C)C)C(CC(CC)CC)C(=O)OCC(C)(C)C. The first-order chi connectivity index (χ1) is 13.8. The molecule has 0 bridgehead atoms. The number of hydrogen-bond donors (Lipinski definition) is 0. The van der Waals surface area contributed by atoms with E-state index in [0.29, 0.717) is 37.9 Å². The molecule has 2 unspecified atom stereocenters. The van der Waals surface area contributed by atoms with Crippen molar-refractivity contribution in [2.24, 2.45) is 34.5 Å². The molecule has 0 saturated heterocycles. The molecule has 0 aliphatic heterocycles. The third-order valence-corrected chi connectivity index (χ3v) is 5.87. The highest BCUT2D eigenvalue weighted by Crippen LogP contribution is 2.34. The quantitative estimate of drug-likeness (QED) is 0.296. The molecule has 0 aliphatic carbocycles. The highest BCUT2D eigenvalue weighted by molar-refractivity contribution is 5.82. The molecule has 0 rings (SSSR count). The third-order valence-electron chi connectivity index (χ3n) is 5.87. The summed E-state index contributed by atoms with van der Waals surface area (Å²) in [6, 6.07) is 0. The Bertz CT molecular complexity index is 444. The molecule has 0 fully saturated rings. The monoisotopic (exact) mass is 426 g/mol. The molecular formula is C26H50O4. The van der Waals surface area contributed by atoms with Crippen LogP contribution in [0.25, 0.3) is 0 Å². The fourth-order valence-electron chi connectivity index (χ4n) is 3.60. The Morgan fingerprint density at radius 3 is 1.07 bits per heavy atom. The lowest BCUT2D eigenvalue weighted by Gasteiger charge is -2.31. The van der Waals surface area contributed by atoms with Crippen molar-refractivity contribution in [1.82, 2.24) is 0 Å². The summed E-state index contributed by atoms with van der Waals surface area (Å²) in [7, 11) is 0. The lowest BCUT2D eigenvalue weighted by atomic mass is 9.77. The van der Waals surface area contributed by atoms with Gasteiger partial charge in [0.25, 0.3) is 0 Å². The van der Waals surface area contributed by atoms with Crippen molar-refractivity contribution in [3.05, 3.63) is 0 Å². The van der Waals surface area contributed by atoms with E-state index in [4.69, 9.17) is 9.47 Å². The van der Waals surface area contributed by atoms with Crippen LogP contribution >= 0.6 is 0 Å². The molecule has 2 atom stereocenters. The summed E-state index contributed by atoms with van der Waals surface area (Å²) in [6.45, 7) is 21.6. The fraction of sp³-hybridized carbons (Fsp3) is 0.923. The van der Waals surface area contributed by atoms with Gasteiger partial charge in [0.15, 0.2) is 0 Å². The number of hydrogen-bond acceptors (Lipinski definition) is 4. The number of carbonyl (C=O) groups excluding carboxylic acids is 2. The van der Waals surface area contributed by atoms with E-state index in [1.165, 1.54) is 0 Å². The van der Waals surface area contributed by atoms with Gasteiger partial charge in [0.05, 0.1) is 25.0 Å². The minimum Gasteiger partial charge on any atom is -0.465 e. The number of rotatable bonds is 13. The van der Waals surface area contributed by atoms with Gasteiger partial charge in [0.1, 0.15) is 0 Å². The first-order valence-corrected chi connectivity index (χ1v) is 12.1. The van der Waals surface area contributed by atoms with E-state index in [2.05, 4.69) is 69.2 Å². The van der Waals surface area contributed by atoms with Gasteiger partial charge in [-0.1, -0.05) is 94.9 Å². The van der Waals surface area contributed by atoms with Crippen molar-refractivity contribution >= 4 is 11.9 Å². The summed E-state index contributed by atoms with van der Waals surface area (Å²) in [5.41, 5.74) is -0.209. The molecule has 0 aliphatic rings. The van der Waals surface area contributed by atoms with E-state index in [1.54, 1.807) is 0 Å². The van der Waals surface area contributed by atoms with Crippen molar-refractivity contribution in [3.8, 4) is 0 Å². The van der Waals surface area contributed by atoms with Crippen molar-refractivity contribution in [1.29, 1.82) is 0 Å². The van der Waals surface area contributed by atoms with Gasteiger partial charge in [-0.3, -0.25) is 9.59 Å². The van der Waals surface area contributed by atoms with E-state index in [0.717, 1.165) is 25.7 Å². The van der Waals surface area contributed by atoms with Crippen molar-refractivity contribution in [3.63, 3.8) is 0 Å². The first-order valence-electron chi connectivity index (χ1n) is 12.1. The summed E-state index contributed by atoms with van der Waals surface area (Å²) in [6.07, 6.45) is 5.35. The van der Waals surface area contributed by atoms with E-state index in [1.807, 2.05) is 0 Å². The summed E-state index contributed by atoms with van der Waals surface area (Å²) in [5, 5.41) is 0. The minimum absolute atomic E-state index is 0.104. The third kappa shape index (κ3) is 12.0. The zero-order valence-electron chi connectivity index (χ0n) is 21.6. The average Bonchev–Trinajstić information content (AvgIpc) is 2.66. The van der Waals surface area contributed by atoms with Gasteiger partial charge in [0.2, 0.25) is 0 Å². The molecule has 0 saturated carbocycles. The number of esters is 2. The molecule has 0 aromatic heterocycles. The van der Waals surface area contributed by atoms with Gasteiger partial charge in [-0.2, -0.15) is 0 Å². The molecule has 0 N–H and O–H groups in total. The van der Waals surface area contributed by atoms with Crippen LogP contribution in [-0.2, 0) is 19.1 Å². The zero-order chi connectivity index (χ0) is 23.5. The van der Waals surface area contributed by atoms with Gasteiger partial charge >= 0.3 is 11.9 Å². The second kappa shape index (κ2) is 13.4. The van der Waals surface area contributed by atoms with Crippen LogP contribution in [0.3, 0.4) is 0 Å². The molecule has 4 heteroatoms. The largest absolute Gasteiger partial charge is 0.465 e. The predicted molar refractivity (Wildman–Crippen MR) is 125 cm³/mol. The summed E-state index contributed by atoms with van der Waals surface area (Å²) in [4.78, 5) is 26.5. The van der Waals surface area contributed by atoms with Crippen molar-refractivity contribution < 1.29 is 19.1 Å². The topological polar surface area (TPSA) is 52.6 Å². The molecule has 0 spiro atoms. The van der Waals surface area contributed by atoms with Crippen LogP contribution in [0.1, 0.15) is 108 Å². The second-order valence-corrected chi connectivity index (χ2v) is 11.4. The lowest BCUT2D eigenvalue weighted by Crippen LogP contribution is -2.37. The summed E-state index contributed by atoms with van der Waals surface area (Å²) in [5.74, 6) is -0.551. The highest BCUT2D eigenvalue weighted by Gasteiger charge is 2.39. The van der Waals surface area contributed by atoms with Gasteiger partial charge in [-0.05, 0) is 35.5 Å². The van der Waals surface area contributed by atoms with Gasteiger partial charge in [0, 0.05) is 0 Å². The van der Waals surface area contributed by atoms with Gasteiger partial charge < -0.3 is 9.47 Å². The van der Waals surface area contributed by atoms with E-state index in [-0.39, 0.29) is 22.8 Å². The Balaban J connectivity index is 5.81. The Hall–Kier alpha value is -1.06. The minimum atomic E-state index is -0.440. The summed E-state index contributed by atoms with van der Waals surface area (Å²) >= 11 is 0. The standard InChI is InChI=1S/C26H50O4/c1-11-19(12-2)15-21(23(27)29-17-25(5,6)7)22(16-20(13-3)14-4)24(28)30-18-26(8,9)10/h19-22H,11-18H2,1-10H3. The fourth-order valence-corrected chi connectivity index (χ4v) is 3.60. The van der Waals surface area contributed by atoms with Crippen LogP contribution in [0.5, 0.6) is 0 Å². The van der Waals surface area contributed by atoms with E-state index in [9.17, 15) is 9.59 Å². The normalized spacial score (nSPS) is 14.7. The molecule has 4 nitrogen and oxygen atoms in total. The molecule has 0 radical (unpaired) electrons. The van der Waals surface area contributed by atoms with Crippen LogP contribution in [0.15, 0.2) is 0 Å². The molecule has 0 amide bonds. The van der Waals surface area contributed by atoms with Crippen LogP contribution in [-0.4, -0.2) is 25.2 Å². The highest BCUT2D eigenvalue weighted by atomic mass is 16.5. The van der Waals surface area contributed by atoms with Crippen molar-refractivity contribution in [2.45, 2.75) is 108 Å². The van der Waals surface area contributed by atoms with Gasteiger partial charge in [-0.25, -0.2) is 0 Å². The van der Waals surface area contributed by atoms with Gasteiger partial charge in [-0.15, -0.1) is 0 Å². The van der Waals surface area contributed by atoms with Crippen LogP contribution in [0.4, 0.5) is 0 Å². The molecule has 0 heterocycles. The molecule has 178 valence electrons. The lowest BCUT2D eigenvalue weighted by molar-refractivity contribution is -0.165. The predicted octanol–water partition coefficient (Wildman–Crippen LogP) is 7.05. The average molecular weight is 427 g/mol. The molecule has 30 heavy (non-hydrogen) atoms. The van der Waals surface area contributed by atoms with Crippen LogP contribution in [0.2, 0.25) is 0 Å². The Morgan fingerprint density at radius 1 is 0.600 bits per heavy atom. The number of ether oxygens (including phenoxy) is 2. The molecular weight excluding hydrogens is 376 g/mol. The van der Waals surface area contributed by atoms with E-state index >= 15 is 0 Å². The maximum absolute atomic E-state index is 13.2. The van der Waals surface area contributed by atoms with E-state index < -0.39 is 11.8 Å². The molecule has 0 aromatic rings. The van der Waals surface area contributed by atoms with Crippen LogP contribution < -0.4 is 0 Å². The smallest absolute Gasteiger partial charge is 0.309 e. The van der Waals surface area contributed by atoms with Crippen LogP contribution in [0, 0.1) is 34.5 Å². The Labute approximate surface area is 186 Å². The zero-order valence-corrected chi connectivity index (χ0v) is 21.6. The second-order valence-electron chi connectivity index (χ2n) is 11.4. The maximum Gasteiger partial charge on any atom is 0.309 e. The van der Waals surface area contributed by atoms with Crippen molar-refractivity contribution in [2.75, 3.05) is 13.2 Å². The first kappa shape index (κ1) is 28.9. The maximum atomic E-state index is 13.2. The Morgan fingerprint density at radius 2 is 0.867 bits per heavy atom. The molecule has 0 aromatic carbocycles. The summed E-state index contributed by atoms with van der Waals surface area (Å²) < 4.78 is 11.5.